The first kappa shape index (κ1) is 38.4. The summed E-state index contributed by atoms with van der Waals surface area (Å²) in [7, 11) is -1.32. The van der Waals surface area contributed by atoms with E-state index in [4.69, 9.17) is 4.74 Å². The normalized spacial score (nSPS) is 14.0. The van der Waals surface area contributed by atoms with Crippen molar-refractivity contribution in [3.8, 4) is 0 Å². The molecule has 0 atom stereocenters. The summed E-state index contributed by atoms with van der Waals surface area (Å²) in [5.41, 5.74) is 4.97. The number of benzene rings is 2. The van der Waals surface area contributed by atoms with Crippen LogP contribution in [0.2, 0.25) is 0 Å². The van der Waals surface area contributed by atoms with E-state index in [-0.39, 0.29) is 21.7 Å². The van der Waals surface area contributed by atoms with E-state index < -0.39 is 7.05 Å². The predicted octanol–water partition coefficient (Wildman–Crippen LogP) is 12.8. The number of hydrogen-bond acceptors (Lipinski definition) is 1. The summed E-state index contributed by atoms with van der Waals surface area (Å²) in [5, 5.41) is 0. The van der Waals surface area contributed by atoms with Crippen molar-refractivity contribution in [3.63, 3.8) is 0 Å². The Morgan fingerprint density at radius 1 is 0.619 bits per heavy atom. The van der Waals surface area contributed by atoms with E-state index in [2.05, 4.69) is 129 Å². The molecule has 1 nitrogen and oxygen atoms in total. The third kappa shape index (κ3) is 18.1. The fourth-order valence-corrected chi connectivity index (χ4v) is 9.29. The molecule has 0 unspecified atom stereocenters. The largest absolute Gasteiger partial charge is 0.272 e. The Morgan fingerprint density at radius 3 is 1.31 bits per heavy atom. The third-order valence-electron chi connectivity index (χ3n) is 7.21. The quantitative estimate of drug-likeness (QED) is 0.143. The molecule has 2 aromatic carbocycles. The van der Waals surface area contributed by atoms with Crippen LogP contribution in [0.5, 0.6) is 0 Å². The molecule has 0 heterocycles. The maximum atomic E-state index is 5.53. The summed E-state index contributed by atoms with van der Waals surface area (Å²) >= 11 is 0. The number of hydrogen-bond donors (Lipinski definition) is 0. The summed E-state index contributed by atoms with van der Waals surface area (Å²) in [5.74, 6) is 0. The predicted molar refractivity (Wildman–Crippen MR) is 189 cm³/mol. The molecular formula is C39H58NPTi. The second-order valence-electron chi connectivity index (χ2n) is 15.1. The van der Waals surface area contributed by atoms with Crippen molar-refractivity contribution < 1.29 is 21.7 Å². The first-order chi connectivity index (χ1) is 19.1. The molecule has 3 rings (SSSR count). The van der Waals surface area contributed by atoms with Gasteiger partial charge in [-0.05, 0) is 78.3 Å². The maximum absolute atomic E-state index is 5.53. The zero-order chi connectivity index (χ0) is 30.4. The van der Waals surface area contributed by atoms with Gasteiger partial charge in [0.15, 0.2) is 0 Å². The van der Waals surface area contributed by atoms with Gasteiger partial charge >= 0.3 is 0 Å². The van der Waals surface area contributed by atoms with Crippen molar-refractivity contribution in [2.75, 3.05) is 18.5 Å². The summed E-state index contributed by atoms with van der Waals surface area (Å²) in [6, 6.07) is 20.6. The van der Waals surface area contributed by atoms with Crippen LogP contribution in [-0.4, -0.2) is 18.5 Å². The SMILES string of the molecule is C(C=Cc1ccccc1)=Cc1ccccc1.CC(C)(C)CCP(CCC(C)(C)C)(CCC(C)(C)C)=NC1=CC=CC1.[Ti]. The van der Waals surface area contributed by atoms with Crippen molar-refractivity contribution in [1.29, 1.82) is 0 Å². The van der Waals surface area contributed by atoms with Crippen molar-refractivity contribution in [3.05, 3.63) is 108 Å². The molecule has 2 aromatic rings. The molecule has 1 aliphatic rings. The molecular weight excluding hydrogens is 561 g/mol. The van der Waals surface area contributed by atoms with Crippen LogP contribution in [0.1, 0.15) is 99.1 Å². The molecule has 42 heavy (non-hydrogen) atoms. The van der Waals surface area contributed by atoms with Crippen LogP contribution in [0.3, 0.4) is 0 Å². The number of rotatable bonds is 10. The maximum Gasteiger partial charge on any atom is 0.0425 e. The molecule has 0 N–H and O–H groups in total. The zero-order valence-corrected chi connectivity index (χ0v) is 30.6. The van der Waals surface area contributed by atoms with Crippen molar-refractivity contribution in [2.45, 2.75) is 88.0 Å². The number of nitrogens with zero attached hydrogens (tertiary/aromatic N) is 1. The Labute approximate surface area is 275 Å². The van der Waals surface area contributed by atoms with Gasteiger partial charge in [0, 0.05) is 33.8 Å². The van der Waals surface area contributed by atoms with Crippen LogP contribution < -0.4 is 0 Å². The van der Waals surface area contributed by atoms with Gasteiger partial charge in [0.05, 0.1) is 0 Å². The molecule has 0 fully saturated rings. The van der Waals surface area contributed by atoms with Gasteiger partial charge in [-0.3, -0.25) is 4.74 Å². The van der Waals surface area contributed by atoms with Crippen LogP contribution in [0.15, 0.2) is 101 Å². The van der Waals surface area contributed by atoms with E-state index in [1.165, 1.54) is 54.6 Å². The zero-order valence-electron chi connectivity index (χ0n) is 28.2. The van der Waals surface area contributed by atoms with Crippen LogP contribution in [0.4, 0.5) is 0 Å². The van der Waals surface area contributed by atoms with E-state index in [1.54, 1.807) is 0 Å². The molecule has 0 saturated carbocycles. The second-order valence-corrected chi connectivity index (χ2v) is 18.9. The van der Waals surface area contributed by atoms with Gasteiger partial charge < -0.3 is 0 Å². The van der Waals surface area contributed by atoms with Crippen LogP contribution >= 0.6 is 7.05 Å². The minimum Gasteiger partial charge on any atom is -0.272 e. The van der Waals surface area contributed by atoms with Gasteiger partial charge in [0.25, 0.3) is 0 Å². The molecule has 0 spiro atoms. The second kappa shape index (κ2) is 18.2. The van der Waals surface area contributed by atoms with Gasteiger partial charge in [-0.25, -0.2) is 0 Å². The summed E-state index contributed by atoms with van der Waals surface area (Å²) < 4.78 is 5.53. The van der Waals surface area contributed by atoms with E-state index in [1.807, 2.05) is 36.4 Å². The summed E-state index contributed by atoms with van der Waals surface area (Å²) in [6.45, 7) is 21.4. The molecule has 0 radical (unpaired) electrons. The van der Waals surface area contributed by atoms with Crippen molar-refractivity contribution in [1.82, 2.24) is 0 Å². The van der Waals surface area contributed by atoms with E-state index >= 15 is 0 Å². The van der Waals surface area contributed by atoms with Crippen molar-refractivity contribution in [2.24, 2.45) is 21.0 Å². The van der Waals surface area contributed by atoms with Gasteiger partial charge in [-0.1, -0.05) is 159 Å². The molecule has 0 aliphatic heterocycles. The van der Waals surface area contributed by atoms with E-state index in [0.29, 0.717) is 16.2 Å². The standard InChI is InChI=1S/C23H44NP.C16H14.Ti/c1-21(2,3)14-17-25(18-15-22(4,5)6,19-16-23(7,8)9)24-20-12-10-11-13-20;1-3-9-15(10-4-1)13-7-8-14-16-11-5-2-6-12-16;/h10-12H,13-19H2,1-9H3;1-14H;. The average molecular weight is 620 g/mol. The van der Waals surface area contributed by atoms with Gasteiger partial charge in [-0.2, -0.15) is 0 Å². The topological polar surface area (TPSA) is 12.4 Å². The van der Waals surface area contributed by atoms with Crippen molar-refractivity contribution >= 4 is 19.2 Å². The molecule has 0 aromatic heterocycles. The van der Waals surface area contributed by atoms with E-state index in [9.17, 15) is 0 Å². The minimum absolute atomic E-state index is 0. The Kier molecular flexibility index (Phi) is 16.6. The van der Waals surface area contributed by atoms with Crippen LogP contribution in [0, 0.1) is 16.2 Å². The van der Waals surface area contributed by atoms with Crippen LogP contribution in [-0.2, 0) is 21.7 Å². The Balaban J connectivity index is 0.000000446. The fourth-order valence-electron chi connectivity index (χ4n) is 4.36. The fraction of sp³-hybridized carbons (Fsp3) is 0.487. The first-order valence-electron chi connectivity index (χ1n) is 15.5. The summed E-state index contributed by atoms with van der Waals surface area (Å²) in [6.07, 6.45) is 23.9. The average Bonchev–Trinajstić information content (AvgIpc) is 3.41. The summed E-state index contributed by atoms with van der Waals surface area (Å²) in [4.78, 5) is 0. The Bertz CT molecular complexity index is 1100. The molecule has 0 amide bonds. The van der Waals surface area contributed by atoms with Gasteiger partial charge in [0.1, 0.15) is 0 Å². The molecule has 228 valence electrons. The Hall–Kier alpha value is -1.66. The van der Waals surface area contributed by atoms with Gasteiger partial charge in [0.2, 0.25) is 0 Å². The molecule has 3 heteroatoms. The minimum atomic E-state index is -1.32. The van der Waals surface area contributed by atoms with Crippen LogP contribution in [0.25, 0.3) is 12.2 Å². The molecule has 0 saturated heterocycles. The van der Waals surface area contributed by atoms with E-state index in [0.717, 1.165) is 6.42 Å². The molecule has 1 aliphatic carbocycles. The monoisotopic (exact) mass is 619 g/mol. The first-order valence-corrected chi connectivity index (χ1v) is 17.8. The third-order valence-corrected chi connectivity index (χ3v) is 11.1. The van der Waals surface area contributed by atoms with Gasteiger partial charge in [-0.15, -0.1) is 0 Å². The molecule has 0 bridgehead atoms. The smallest absolute Gasteiger partial charge is 0.0425 e. The number of allylic oxidation sites excluding steroid dienone is 5. The Morgan fingerprint density at radius 2 is 1.00 bits per heavy atom.